The van der Waals surface area contributed by atoms with Gasteiger partial charge in [0.25, 0.3) is 0 Å². The normalized spacial score (nSPS) is 14.8. The van der Waals surface area contributed by atoms with Crippen molar-refractivity contribution in [2.24, 2.45) is 11.8 Å². The number of amides is 3. The van der Waals surface area contributed by atoms with Crippen LogP contribution < -0.4 is 16.0 Å². The third kappa shape index (κ3) is 8.32. The second kappa shape index (κ2) is 9.97. The molecule has 0 saturated carbocycles. The molecule has 7 nitrogen and oxygen atoms in total. The zero-order valence-corrected chi connectivity index (χ0v) is 14.8. The van der Waals surface area contributed by atoms with Gasteiger partial charge in [-0.25, -0.2) is 0 Å². The molecule has 0 saturated heterocycles. The topological polar surface area (TPSA) is 104 Å². The van der Waals surface area contributed by atoms with Crippen molar-refractivity contribution in [1.82, 2.24) is 16.0 Å². The second-order valence-electron chi connectivity index (χ2n) is 6.55. The van der Waals surface area contributed by atoms with E-state index in [4.69, 9.17) is 0 Å². The summed E-state index contributed by atoms with van der Waals surface area (Å²) in [6.07, 6.45) is 1.06. The van der Waals surface area contributed by atoms with Crippen LogP contribution in [0.2, 0.25) is 0 Å². The van der Waals surface area contributed by atoms with Gasteiger partial charge in [-0.1, -0.05) is 27.7 Å². The molecule has 132 valence electrons. The smallest absolute Gasteiger partial charge is 0.243 e. The van der Waals surface area contributed by atoms with Crippen molar-refractivity contribution in [2.75, 3.05) is 0 Å². The van der Waals surface area contributed by atoms with E-state index in [0.717, 1.165) is 0 Å². The lowest BCUT2D eigenvalue weighted by Gasteiger charge is -2.26. The number of aldehydes is 1. The Kier molecular flexibility index (Phi) is 9.14. The standard InChI is InChI=1S/C16H29N3O4/c1-9(2)7-13(15(22)17-11(5)8-20)19-16(23)14(10(3)4)18-12(6)21/h8-11,13-14H,7H2,1-6H3,(H,17,22)(H,18,21)(H,19,23)/t11-,13-,14-/m0/s1. The van der Waals surface area contributed by atoms with Gasteiger partial charge < -0.3 is 20.7 Å². The van der Waals surface area contributed by atoms with Gasteiger partial charge in [0.15, 0.2) is 0 Å². The van der Waals surface area contributed by atoms with Gasteiger partial charge in [-0.05, 0) is 25.2 Å². The fourth-order valence-corrected chi connectivity index (χ4v) is 2.08. The van der Waals surface area contributed by atoms with Crippen LogP contribution in [0.4, 0.5) is 0 Å². The summed E-state index contributed by atoms with van der Waals surface area (Å²) in [6.45, 7) is 10.4. The van der Waals surface area contributed by atoms with E-state index in [2.05, 4.69) is 16.0 Å². The highest BCUT2D eigenvalue weighted by Crippen LogP contribution is 2.08. The number of nitrogens with one attached hydrogen (secondary N) is 3. The molecule has 0 unspecified atom stereocenters. The van der Waals surface area contributed by atoms with Crippen molar-refractivity contribution in [3.8, 4) is 0 Å². The highest BCUT2D eigenvalue weighted by atomic mass is 16.2. The van der Waals surface area contributed by atoms with Crippen LogP contribution in [-0.4, -0.2) is 42.1 Å². The summed E-state index contributed by atoms with van der Waals surface area (Å²) in [4.78, 5) is 46.5. The Morgan fingerprint density at radius 3 is 1.87 bits per heavy atom. The molecule has 0 aliphatic heterocycles. The lowest BCUT2D eigenvalue weighted by molar-refractivity contribution is -0.133. The molecule has 3 N–H and O–H groups in total. The first-order valence-electron chi connectivity index (χ1n) is 7.91. The Hall–Kier alpha value is -1.92. The number of hydrogen-bond acceptors (Lipinski definition) is 4. The number of carbonyl (C=O) groups is 4. The van der Waals surface area contributed by atoms with Crippen molar-refractivity contribution in [3.63, 3.8) is 0 Å². The van der Waals surface area contributed by atoms with Crippen molar-refractivity contribution in [3.05, 3.63) is 0 Å². The van der Waals surface area contributed by atoms with E-state index >= 15 is 0 Å². The molecule has 0 aromatic rings. The zero-order valence-electron chi connectivity index (χ0n) is 14.8. The average molecular weight is 327 g/mol. The predicted octanol–water partition coefficient (Wildman–Crippen LogP) is 0.382. The highest BCUT2D eigenvalue weighted by Gasteiger charge is 2.28. The van der Waals surface area contributed by atoms with E-state index in [9.17, 15) is 19.2 Å². The van der Waals surface area contributed by atoms with Crippen LogP contribution in [0.3, 0.4) is 0 Å². The third-order valence-corrected chi connectivity index (χ3v) is 3.22. The minimum atomic E-state index is -0.750. The number of carbonyl (C=O) groups excluding carboxylic acids is 4. The van der Waals surface area contributed by atoms with Gasteiger partial charge in [-0.2, -0.15) is 0 Å². The predicted molar refractivity (Wildman–Crippen MR) is 87.5 cm³/mol. The molecule has 0 aromatic heterocycles. The largest absolute Gasteiger partial charge is 0.345 e. The number of rotatable bonds is 9. The van der Waals surface area contributed by atoms with Crippen LogP contribution in [0.1, 0.15) is 48.0 Å². The maximum Gasteiger partial charge on any atom is 0.243 e. The van der Waals surface area contributed by atoms with Gasteiger partial charge in [0.2, 0.25) is 17.7 Å². The molecule has 0 bridgehead atoms. The van der Waals surface area contributed by atoms with Crippen LogP contribution in [0.25, 0.3) is 0 Å². The summed E-state index contributed by atoms with van der Waals surface area (Å²) in [6, 6.07) is -2.08. The van der Waals surface area contributed by atoms with Gasteiger partial charge in [0.05, 0.1) is 6.04 Å². The Morgan fingerprint density at radius 1 is 0.913 bits per heavy atom. The molecular formula is C16H29N3O4. The molecule has 0 aromatic carbocycles. The average Bonchev–Trinajstić information content (AvgIpc) is 2.42. The molecule has 7 heteroatoms. The molecule has 0 rings (SSSR count). The molecule has 0 heterocycles. The van der Waals surface area contributed by atoms with E-state index in [1.165, 1.54) is 6.92 Å². The Bertz CT molecular complexity index is 435. The van der Waals surface area contributed by atoms with Crippen molar-refractivity contribution in [2.45, 2.75) is 66.1 Å². The summed E-state index contributed by atoms with van der Waals surface area (Å²) in [5.41, 5.74) is 0. The van der Waals surface area contributed by atoms with Gasteiger partial charge in [-0.3, -0.25) is 14.4 Å². The van der Waals surface area contributed by atoms with Crippen LogP contribution in [0, 0.1) is 11.8 Å². The Labute approximate surface area is 138 Å². The molecule has 0 fully saturated rings. The molecule has 23 heavy (non-hydrogen) atoms. The van der Waals surface area contributed by atoms with E-state index in [1.54, 1.807) is 6.92 Å². The first-order valence-corrected chi connectivity index (χ1v) is 7.91. The third-order valence-electron chi connectivity index (χ3n) is 3.22. The van der Waals surface area contributed by atoms with Crippen LogP contribution in [0.5, 0.6) is 0 Å². The fourth-order valence-electron chi connectivity index (χ4n) is 2.08. The van der Waals surface area contributed by atoms with E-state index in [-0.39, 0.29) is 17.7 Å². The van der Waals surface area contributed by atoms with Gasteiger partial charge >= 0.3 is 0 Å². The molecule has 3 atom stereocenters. The second-order valence-corrected chi connectivity index (χ2v) is 6.55. The first kappa shape index (κ1) is 21.1. The molecule has 0 radical (unpaired) electrons. The quantitative estimate of drug-likeness (QED) is 0.533. The molecule has 0 aliphatic rings. The fraction of sp³-hybridized carbons (Fsp3) is 0.750. The van der Waals surface area contributed by atoms with Gasteiger partial charge in [0.1, 0.15) is 18.4 Å². The number of hydrogen-bond donors (Lipinski definition) is 3. The Morgan fingerprint density at radius 2 is 1.48 bits per heavy atom. The molecule has 3 amide bonds. The maximum atomic E-state index is 12.4. The van der Waals surface area contributed by atoms with Crippen molar-refractivity contribution < 1.29 is 19.2 Å². The zero-order chi connectivity index (χ0) is 18.2. The summed E-state index contributed by atoms with van der Waals surface area (Å²) in [5.74, 6) is -1.06. The van der Waals surface area contributed by atoms with Crippen LogP contribution in [-0.2, 0) is 19.2 Å². The summed E-state index contributed by atoms with van der Waals surface area (Å²) in [7, 11) is 0. The minimum absolute atomic E-state index is 0.115. The molecule has 0 spiro atoms. The van der Waals surface area contributed by atoms with Gasteiger partial charge in [-0.15, -0.1) is 0 Å². The monoisotopic (exact) mass is 327 g/mol. The van der Waals surface area contributed by atoms with E-state index in [1.807, 2.05) is 27.7 Å². The maximum absolute atomic E-state index is 12.4. The lowest BCUT2D eigenvalue weighted by atomic mass is 9.99. The van der Waals surface area contributed by atoms with Crippen LogP contribution in [0.15, 0.2) is 0 Å². The SMILES string of the molecule is CC(=O)N[C@H](C(=O)N[C@@H](CC(C)C)C(=O)N[C@@H](C)C=O)C(C)C. The first-order chi connectivity index (χ1) is 10.6. The summed E-state index contributed by atoms with van der Waals surface area (Å²) < 4.78 is 0. The summed E-state index contributed by atoms with van der Waals surface area (Å²) in [5, 5.41) is 7.81. The van der Waals surface area contributed by atoms with Crippen molar-refractivity contribution in [1.29, 1.82) is 0 Å². The molecular weight excluding hydrogens is 298 g/mol. The van der Waals surface area contributed by atoms with Crippen molar-refractivity contribution >= 4 is 24.0 Å². The molecule has 0 aliphatic carbocycles. The highest BCUT2D eigenvalue weighted by molar-refractivity contribution is 5.92. The van der Waals surface area contributed by atoms with E-state index in [0.29, 0.717) is 12.7 Å². The van der Waals surface area contributed by atoms with Crippen LogP contribution >= 0.6 is 0 Å². The minimum Gasteiger partial charge on any atom is -0.345 e. The van der Waals surface area contributed by atoms with Gasteiger partial charge in [0, 0.05) is 6.92 Å². The lowest BCUT2D eigenvalue weighted by Crippen LogP contribution is -2.56. The summed E-state index contributed by atoms with van der Waals surface area (Å²) >= 11 is 0. The Balaban J connectivity index is 5.04. The van der Waals surface area contributed by atoms with E-state index < -0.39 is 29.9 Å².